The first-order chi connectivity index (χ1) is 17.6. The number of aromatic nitrogens is 5. The van der Waals surface area contributed by atoms with Gasteiger partial charge >= 0.3 is 6.18 Å². The van der Waals surface area contributed by atoms with E-state index in [2.05, 4.69) is 15.2 Å². The molecule has 0 saturated carbocycles. The molecule has 1 amide bonds. The van der Waals surface area contributed by atoms with Crippen molar-refractivity contribution in [2.24, 2.45) is 10.9 Å². The van der Waals surface area contributed by atoms with Gasteiger partial charge in [0.2, 0.25) is 0 Å². The van der Waals surface area contributed by atoms with E-state index in [1.165, 1.54) is 12.3 Å². The second-order valence-corrected chi connectivity index (χ2v) is 9.66. The molecule has 3 unspecified atom stereocenters. The summed E-state index contributed by atoms with van der Waals surface area (Å²) in [6.45, 7) is 2.06. The molecule has 10 nitrogen and oxygen atoms in total. The summed E-state index contributed by atoms with van der Waals surface area (Å²) < 4.78 is 41.3. The molecule has 3 aromatic rings. The molecule has 0 radical (unpaired) electrons. The van der Waals surface area contributed by atoms with Crippen molar-refractivity contribution in [1.82, 2.24) is 29.3 Å². The molecule has 2 aliphatic heterocycles. The van der Waals surface area contributed by atoms with Crippen molar-refractivity contribution in [1.29, 1.82) is 0 Å². The topological polar surface area (TPSA) is 104 Å². The molecule has 198 valence electrons. The van der Waals surface area contributed by atoms with Crippen molar-refractivity contribution >= 4 is 23.6 Å². The number of aliphatic hydroxyl groups excluding tert-OH is 1. The number of anilines is 1. The molecule has 2 aliphatic rings. The number of fused-ring (bicyclic) bond motifs is 1. The molecular formula is C24H29F3N8O2. The molecule has 5 heterocycles. The van der Waals surface area contributed by atoms with E-state index in [9.17, 15) is 23.1 Å². The van der Waals surface area contributed by atoms with Gasteiger partial charge in [-0.1, -0.05) is 0 Å². The molecule has 13 heteroatoms. The van der Waals surface area contributed by atoms with Gasteiger partial charge in [0, 0.05) is 62.8 Å². The van der Waals surface area contributed by atoms with Crippen LogP contribution in [0.25, 0.3) is 5.65 Å². The van der Waals surface area contributed by atoms with Gasteiger partial charge in [-0.3, -0.25) is 9.48 Å². The fourth-order valence-electron chi connectivity index (χ4n) is 5.26. The number of hydrogen-bond donors (Lipinski definition) is 1. The van der Waals surface area contributed by atoms with Gasteiger partial charge in [0.15, 0.2) is 5.65 Å². The summed E-state index contributed by atoms with van der Waals surface area (Å²) in [5.41, 5.74) is 2.02. The Labute approximate surface area is 211 Å². The summed E-state index contributed by atoms with van der Waals surface area (Å²) >= 11 is 0. The fraction of sp³-hybridized carbons (Fsp3) is 0.542. The zero-order valence-corrected chi connectivity index (χ0v) is 20.6. The molecule has 0 bridgehead atoms. The lowest BCUT2D eigenvalue weighted by Gasteiger charge is -2.34. The van der Waals surface area contributed by atoms with E-state index in [-0.39, 0.29) is 17.7 Å². The minimum atomic E-state index is -4.49. The number of carbonyl (C=O) groups is 1. The Bertz CT molecular complexity index is 1320. The van der Waals surface area contributed by atoms with Crippen LogP contribution in [-0.2, 0) is 6.54 Å². The zero-order chi connectivity index (χ0) is 26.3. The average Bonchev–Trinajstić information content (AvgIpc) is 3.56. The van der Waals surface area contributed by atoms with Gasteiger partial charge in [0.05, 0.1) is 17.8 Å². The van der Waals surface area contributed by atoms with Gasteiger partial charge in [0.1, 0.15) is 18.1 Å². The number of β-amino-alcohol motifs (C(OH)–C–C–N with tert-alkyl or cyclic N) is 1. The number of aryl methyl sites for hydroxylation is 1. The summed E-state index contributed by atoms with van der Waals surface area (Å²) in [5, 5.41) is 18.8. The Hall–Kier alpha value is -3.48. The molecule has 5 rings (SSSR count). The number of hydrogen-bond acceptors (Lipinski definition) is 7. The third-order valence-electron chi connectivity index (χ3n) is 6.97. The van der Waals surface area contributed by atoms with Crippen molar-refractivity contribution in [3.05, 3.63) is 41.5 Å². The number of aliphatic imine (C=N–C) groups is 1. The van der Waals surface area contributed by atoms with E-state index in [0.717, 1.165) is 24.2 Å². The molecule has 1 N–H and O–H groups in total. The second kappa shape index (κ2) is 9.77. The largest absolute Gasteiger partial charge is 0.408 e. The van der Waals surface area contributed by atoms with Gasteiger partial charge in [-0.05, 0) is 32.3 Å². The minimum Gasteiger partial charge on any atom is -0.391 e. The molecule has 3 atom stereocenters. The standard InChI is InChI=1S/C24H29F3N8O2/c1-15-11-34-21(30-22(15)32-12-16(10-28-2)20(36)13-32)9-17(31-34)18-5-3-4-8-33(18)23(37)19-6-7-29-35(19)14-24(25,26)27/h6-7,9-11,16,18,20,36H,3-5,8,12-14H2,1-2H3. The van der Waals surface area contributed by atoms with Gasteiger partial charge in [-0.2, -0.15) is 23.4 Å². The number of aliphatic hydroxyl groups is 1. The highest BCUT2D eigenvalue weighted by Gasteiger charge is 2.36. The molecular weight excluding hydrogens is 489 g/mol. The number of amides is 1. The maximum Gasteiger partial charge on any atom is 0.408 e. The second-order valence-electron chi connectivity index (χ2n) is 9.66. The van der Waals surface area contributed by atoms with Crippen LogP contribution in [0.4, 0.5) is 19.0 Å². The number of alkyl halides is 3. The van der Waals surface area contributed by atoms with Crippen LogP contribution in [0.15, 0.2) is 29.5 Å². The lowest BCUT2D eigenvalue weighted by molar-refractivity contribution is -0.142. The van der Waals surface area contributed by atoms with E-state index in [0.29, 0.717) is 42.1 Å². The number of nitrogens with zero attached hydrogens (tertiary/aromatic N) is 8. The number of halogens is 3. The van der Waals surface area contributed by atoms with Crippen LogP contribution in [0, 0.1) is 12.8 Å². The minimum absolute atomic E-state index is 0.0736. The average molecular weight is 519 g/mol. The fourth-order valence-corrected chi connectivity index (χ4v) is 5.26. The molecule has 0 spiro atoms. The van der Waals surface area contributed by atoms with Crippen LogP contribution >= 0.6 is 0 Å². The monoisotopic (exact) mass is 518 g/mol. The van der Waals surface area contributed by atoms with Crippen molar-refractivity contribution in [2.45, 2.75) is 51.1 Å². The van der Waals surface area contributed by atoms with Gasteiger partial charge in [-0.25, -0.2) is 9.50 Å². The van der Waals surface area contributed by atoms with Crippen LogP contribution in [0.2, 0.25) is 0 Å². The van der Waals surface area contributed by atoms with Crippen LogP contribution in [0.1, 0.15) is 47.1 Å². The Morgan fingerprint density at radius 3 is 2.86 bits per heavy atom. The highest BCUT2D eigenvalue weighted by molar-refractivity contribution is 5.93. The first-order valence-corrected chi connectivity index (χ1v) is 12.3. The molecule has 0 aliphatic carbocycles. The van der Waals surface area contributed by atoms with E-state index in [1.807, 2.05) is 24.1 Å². The lowest BCUT2D eigenvalue weighted by Crippen LogP contribution is -2.40. The molecule has 2 fully saturated rings. The summed E-state index contributed by atoms with van der Waals surface area (Å²) in [6.07, 6.45) is 2.08. The first-order valence-electron chi connectivity index (χ1n) is 12.3. The van der Waals surface area contributed by atoms with Crippen molar-refractivity contribution in [3.8, 4) is 0 Å². The highest BCUT2D eigenvalue weighted by Crippen LogP contribution is 2.33. The predicted octanol–water partition coefficient (Wildman–Crippen LogP) is 2.66. The van der Waals surface area contributed by atoms with Crippen molar-refractivity contribution in [3.63, 3.8) is 0 Å². The Kier molecular flexibility index (Phi) is 6.65. The van der Waals surface area contributed by atoms with Crippen LogP contribution in [-0.4, -0.2) is 85.5 Å². The quantitative estimate of drug-likeness (QED) is 0.521. The van der Waals surface area contributed by atoms with Gasteiger partial charge < -0.3 is 19.9 Å². The van der Waals surface area contributed by atoms with Crippen LogP contribution in [0.5, 0.6) is 0 Å². The number of piperidine rings is 1. The van der Waals surface area contributed by atoms with Crippen LogP contribution < -0.4 is 4.90 Å². The predicted molar refractivity (Wildman–Crippen MR) is 130 cm³/mol. The summed E-state index contributed by atoms with van der Waals surface area (Å²) in [6, 6.07) is 2.75. The Morgan fingerprint density at radius 2 is 2.11 bits per heavy atom. The van der Waals surface area contributed by atoms with Crippen LogP contribution in [0.3, 0.4) is 0 Å². The summed E-state index contributed by atoms with van der Waals surface area (Å²) in [4.78, 5) is 25.8. The zero-order valence-electron chi connectivity index (χ0n) is 20.6. The van der Waals surface area contributed by atoms with Crippen molar-refractivity contribution < 1.29 is 23.1 Å². The molecule has 0 aromatic carbocycles. The maximum atomic E-state index is 13.4. The molecule has 3 aromatic heterocycles. The maximum absolute atomic E-state index is 13.4. The Balaban J connectivity index is 1.43. The third-order valence-corrected chi connectivity index (χ3v) is 6.97. The summed E-state index contributed by atoms with van der Waals surface area (Å²) in [7, 11) is 1.68. The van der Waals surface area contributed by atoms with Crippen molar-refractivity contribution in [2.75, 3.05) is 31.6 Å². The van der Waals surface area contributed by atoms with Gasteiger partial charge in [-0.15, -0.1) is 0 Å². The normalized spacial score (nSPS) is 23.0. The third kappa shape index (κ3) is 5.04. The molecule has 2 saturated heterocycles. The highest BCUT2D eigenvalue weighted by atomic mass is 19.4. The van der Waals surface area contributed by atoms with E-state index < -0.39 is 24.7 Å². The van der Waals surface area contributed by atoms with Gasteiger partial charge in [0.25, 0.3) is 5.91 Å². The summed E-state index contributed by atoms with van der Waals surface area (Å²) in [5.74, 6) is 0.177. The van der Waals surface area contributed by atoms with E-state index in [1.54, 1.807) is 22.7 Å². The first kappa shape index (κ1) is 25.2. The SMILES string of the molecule is CN=CC1CN(c2nc3cc(C4CCCCN4C(=O)c4ccnn4CC(F)(F)F)nn3cc2C)CC1O. The molecule has 37 heavy (non-hydrogen) atoms. The Morgan fingerprint density at radius 1 is 1.30 bits per heavy atom. The number of rotatable bonds is 5. The van der Waals surface area contributed by atoms with E-state index >= 15 is 0 Å². The smallest absolute Gasteiger partial charge is 0.391 e. The number of carbonyl (C=O) groups excluding carboxylic acids is 1. The number of likely N-dealkylation sites (tertiary alicyclic amines) is 1. The van der Waals surface area contributed by atoms with E-state index in [4.69, 9.17) is 4.98 Å². The lowest BCUT2D eigenvalue weighted by atomic mass is 9.99.